The maximum absolute atomic E-state index is 10.1. The zero-order chi connectivity index (χ0) is 13.0. The van der Waals surface area contributed by atoms with E-state index in [9.17, 15) is 5.11 Å². The fourth-order valence-corrected chi connectivity index (χ4v) is 1.64. The van der Waals surface area contributed by atoms with Crippen LogP contribution in [0.3, 0.4) is 0 Å². The number of aliphatic hydroxyl groups is 1. The highest BCUT2D eigenvalue weighted by Gasteiger charge is 2.12. The molecule has 2 aromatic heterocycles. The van der Waals surface area contributed by atoms with Crippen molar-refractivity contribution in [3.05, 3.63) is 48.0 Å². The fraction of sp³-hybridized carbons (Fsp3) is 0.308. The largest absolute Gasteiger partial charge is 0.386 e. The number of aromatic nitrogens is 3. The minimum atomic E-state index is -0.604. The molecule has 2 rings (SSSR count). The third-order valence-electron chi connectivity index (χ3n) is 2.64. The Kier molecular flexibility index (Phi) is 3.84. The second-order valence-electron chi connectivity index (χ2n) is 4.18. The van der Waals surface area contributed by atoms with Gasteiger partial charge >= 0.3 is 0 Å². The van der Waals surface area contributed by atoms with Crippen LogP contribution in [-0.4, -0.2) is 33.7 Å². The van der Waals surface area contributed by atoms with Crippen molar-refractivity contribution < 1.29 is 5.11 Å². The van der Waals surface area contributed by atoms with Crippen molar-refractivity contribution in [1.29, 1.82) is 0 Å². The molecule has 2 aromatic rings. The summed E-state index contributed by atoms with van der Waals surface area (Å²) in [7, 11) is 1.86. The molecule has 94 valence electrons. The van der Waals surface area contributed by atoms with Crippen LogP contribution in [0.4, 0.5) is 5.95 Å². The highest BCUT2D eigenvalue weighted by atomic mass is 16.3. The summed E-state index contributed by atoms with van der Waals surface area (Å²) in [4.78, 5) is 14.3. The van der Waals surface area contributed by atoms with E-state index in [2.05, 4.69) is 15.0 Å². The number of nitrogens with zero attached hydrogens (tertiary/aromatic N) is 4. The normalized spacial score (nSPS) is 12.2. The summed E-state index contributed by atoms with van der Waals surface area (Å²) in [6.07, 6.45) is 4.46. The van der Waals surface area contributed by atoms with Crippen LogP contribution < -0.4 is 4.90 Å². The third-order valence-corrected chi connectivity index (χ3v) is 2.64. The van der Waals surface area contributed by atoms with Crippen LogP contribution in [0.2, 0.25) is 0 Å². The number of pyridine rings is 1. The zero-order valence-electron chi connectivity index (χ0n) is 10.5. The molecule has 0 aliphatic rings. The summed E-state index contributed by atoms with van der Waals surface area (Å²) in [6, 6.07) is 5.50. The fourth-order valence-electron chi connectivity index (χ4n) is 1.64. The lowest BCUT2D eigenvalue weighted by Gasteiger charge is -2.20. The summed E-state index contributed by atoms with van der Waals surface area (Å²) in [5.74, 6) is 0.609. The Balaban J connectivity index is 2.05. The topological polar surface area (TPSA) is 62.1 Å². The lowest BCUT2D eigenvalue weighted by atomic mass is 10.1. The smallest absolute Gasteiger partial charge is 0.225 e. The molecule has 0 saturated carbocycles. The van der Waals surface area contributed by atoms with E-state index in [1.807, 2.05) is 37.1 Å². The molecule has 1 unspecified atom stereocenters. The van der Waals surface area contributed by atoms with Gasteiger partial charge in [0.15, 0.2) is 0 Å². The number of anilines is 1. The average molecular weight is 244 g/mol. The first-order chi connectivity index (χ1) is 8.66. The molecule has 0 aliphatic heterocycles. The van der Waals surface area contributed by atoms with Crippen LogP contribution >= 0.6 is 0 Å². The van der Waals surface area contributed by atoms with Crippen LogP contribution in [-0.2, 0) is 0 Å². The Morgan fingerprint density at radius 3 is 2.83 bits per heavy atom. The minimum absolute atomic E-state index is 0.426. The second-order valence-corrected chi connectivity index (χ2v) is 4.18. The van der Waals surface area contributed by atoms with E-state index >= 15 is 0 Å². The third kappa shape index (κ3) is 3.01. The van der Waals surface area contributed by atoms with Gasteiger partial charge in [-0.15, -0.1) is 0 Å². The lowest BCUT2D eigenvalue weighted by Crippen LogP contribution is -2.26. The van der Waals surface area contributed by atoms with Crippen molar-refractivity contribution >= 4 is 5.95 Å². The first-order valence-electron chi connectivity index (χ1n) is 5.75. The number of rotatable bonds is 4. The number of hydrogen-bond donors (Lipinski definition) is 1. The highest BCUT2D eigenvalue weighted by Crippen LogP contribution is 2.14. The Morgan fingerprint density at radius 1 is 1.33 bits per heavy atom. The van der Waals surface area contributed by atoms with Crippen LogP contribution in [0.15, 0.2) is 36.8 Å². The van der Waals surface area contributed by atoms with Gasteiger partial charge in [0.25, 0.3) is 0 Å². The molecule has 18 heavy (non-hydrogen) atoms. The first-order valence-corrected chi connectivity index (χ1v) is 5.75. The van der Waals surface area contributed by atoms with Gasteiger partial charge in [-0.25, -0.2) is 9.97 Å². The van der Waals surface area contributed by atoms with Gasteiger partial charge in [-0.1, -0.05) is 6.07 Å². The summed E-state index contributed by atoms with van der Waals surface area (Å²) in [5, 5.41) is 10.1. The van der Waals surface area contributed by atoms with Crippen molar-refractivity contribution in [3.63, 3.8) is 0 Å². The van der Waals surface area contributed by atoms with Crippen molar-refractivity contribution in [2.24, 2.45) is 0 Å². The Bertz CT molecular complexity index is 503. The molecular weight excluding hydrogens is 228 g/mol. The first kappa shape index (κ1) is 12.4. The van der Waals surface area contributed by atoms with Crippen molar-refractivity contribution in [2.45, 2.75) is 13.0 Å². The van der Waals surface area contributed by atoms with Gasteiger partial charge < -0.3 is 10.0 Å². The van der Waals surface area contributed by atoms with Crippen LogP contribution in [0.1, 0.15) is 17.4 Å². The van der Waals surface area contributed by atoms with E-state index in [-0.39, 0.29) is 0 Å². The van der Waals surface area contributed by atoms with Gasteiger partial charge in [-0.05, 0) is 19.1 Å². The van der Waals surface area contributed by atoms with Gasteiger partial charge in [-0.2, -0.15) is 0 Å². The summed E-state index contributed by atoms with van der Waals surface area (Å²) >= 11 is 0. The van der Waals surface area contributed by atoms with Crippen molar-refractivity contribution in [3.8, 4) is 0 Å². The SMILES string of the molecule is Cc1ccnc(N(C)CC(O)c2cccnc2)n1. The number of aryl methyl sites for hydroxylation is 1. The van der Waals surface area contributed by atoms with Crippen molar-refractivity contribution in [1.82, 2.24) is 15.0 Å². The molecule has 5 nitrogen and oxygen atoms in total. The number of likely N-dealkylation sites (N-methyl/N-ethyl adjacent to an activating group) is 1. The molecule has 0 saturated heterocycles. The zero-order valence-corrected chi connectivity index (χ0v) is 10.5. The molecule has 0 spiro atoms. The molecule has 0 bridgehead atoms. The maximum atomic E-state index is 10.1. The lowest BCUT2D eigenvalue weighted by molar-refractivity contribution is 0.184. The van der Waals surface area contributed by atoms with E-state index in [1.54, 1.807) is 18.6 Å². The predicted molar refractivity (Wildman–Crippen MR) is 69.2 cm³/mol. The van der Waals surface area contributed by atoms with Crippen LogP contribution in [0.25, 0.3) is 0 Å². The minimum Gasteiger partial charge on any atom is -0.386 e. The average Bonchev–Trinajstić information content (AvgIpc) is 2.39. The molecule has 0 amide bonds. The number of aliphatic hydroxyl groups excluding tert-OH is 1. The van der Waals surface area contributed by atoms with Crippen molar-refractivity contribution in [2.75, 3.05) is 18.5 Å². The van der Waals surface area contributed by atoms with Crippen LogP contribution in [0.5, 0.6) is 0 Å². The molecule has 5 heteroatoms. The van der Waals surface area contributed by atoms with Gasteiger partial charge in [0.05, 0.1) is 12.6 Å². The molecule has 1 N–H and O–H groups in total. The molecule has 1 atom stereocenters. The molecule has 0 aliphatic carbocycles. The van der Waals surface area contributed by atoms with E-state index in [1.165, 1.54) is 0 Å². The van der Waals surface area contributed by atoms with Gasteiger partial charge in [-0.3, -0.25) is 4.98 Å². The Hall–Kier alpha value is -2.01. The maximum Gasteiger partial charge on any atom is 0.225 e. The highest BCUT2D eigenvalue weighted by molar-refractivity contribution is 5.29. The van der Waals surface area contributed by atoms with Crippen LogP contribution in [0, 0.1) is 6.92 Å². The second kappa shape index (κ2) is 5.55. The quantitative estimate of drug-likeness (QED) is 0.879. The van der Waals surface area contributed by atoms with E-state index in [4.69, 9.17) is 0 Å². The number of hydrogen-bond acceptors (Lipinski definition) is 5. The van der Waals surface area contributed by atoms with Gasteiger partial charge in [0, 0.05) is 36.9 Å². The molecule has 0 fully saturated rings. The standard InChI is InChI=1S/C13H16N4O/c1-10-5-7-15-13(16-10)17(2)9-12(18)11-4-3-6-14-8-11/h3-8,12,18H,9H2,1-2H3. The van der Waals surface area contributed by atoms with E-state index in [0.717, 1.165) is 11.3 Å². The van der Waals surface area contributed by atoms with Gasteiger partial charge in [0.2, 0.25) is 5.95 Å². The Labute approximate surface area is 106 Å². The van der Waals surface area contributed by atoms with E-state index in [0.29, 0.717) is 12.5 Å². The molecule has 0 aromatic carbocycles. The van der Waals surface area contributed by atoms with E-state index < -0.39 is 6.10 Å². The monoisotopic (exact) mass is 244 g/mol. The summed E-state index contributed by atoms with van der Waals surface area (Å²) < 4.78 is 0. The molecule has 2 heterocycles. The Morgan fingerprint density at radius 2 is 2.17 bits per heavy atom. The summed E-state index contributed by atoms with van der Waals surface area (Å²) in [6.45, 7) is 2.34. The predicted octanol–water partition coefficient (Wildman–Crippen LogP) is 1.35. The van der Waals surface area contributed by atoms with Gasteiger partial charge in [0.1, 0.15) is 0 Å². The molecule has 0 radical (unpaired) electrons. The summed E-state index contributed by atoms with van der Waals surface area (Å²) in [5.41, 5.74) is 1.69. The molecular formula is C13H16N4O.